The second kappa shape index (κ2) is 3.81. The number of aryl methyl sites for hydroxylation is 1. The van der Waals surface area contributed by atoms with Gasteiger partial charge in [-0.15, -0.1) is 14.8 Å². The molecule has 0 aliphatic rings. The fourth-order valence-electron chi connectivity index (χ4n) is 1.47. The summed E-state index contributed by atoms with van der Waals surface area (Å²) >= 11 is 0. The van der Waals surface area contributed by atoms with Crippen LogP contribution in [0.5, 0.6) is 0 Å². The molecule has 0 fully saturated rings. The second-order valence-corrected chi connectivity index (χ2v) is 3.45. The van der Waals surface area contributed by atoms with Crippen molar-refractivity contribution in [3.63, 3.8) is 0 Å². The number of aromatic nitrogens is 7. The number of anilines is 2. The molecule has 0 atom stereocenters. The number of nitrogens with one attached hydrogen (secondary N) is 1. The van der Waals surface area contributed by atoms with Crippen molar-refractivity contribution in [3.05, 3.63) is 24.5 Å². The van der Waals surface area contributed by atoms with Crippen molar-refractivity contribution >= 4 is 17.2 Å². The summed E-state index contributed by atoms with van der Waals surface area (Å²) in [7, 11) is 0. The van der Waals surface area contributed by atoms with Crippen LogP contribution in [0.1, 0.15) is 6.92 Å². The van der Waals surface area contributed by atoms with Crippen LogP contribution in [0.25, 0.3) is 5.65 Å². The van der Waals surface area contributed by atoms with Gasteiger partial charge < -0.3 is 5.32 Å². The van der Waals surface area contributed by atoms with Crippen LogP contribution in [0.3, 0.4) is 0 Å². The lowest BCUT2D eigenvalue weighted by molar-refractivity contribution is 0.660. The summed E-state index contributed by atoms with van der Waals surface area (Å²) in [4.78, 5) is 0. The van der Waals surface area contributed by atoms with Gasteiger partial charge in [-0.25, -0.2) is 0 Å². The Morgan fingerprint density at radius 3 is 3.12 bits per heavy atom. The molecular formula is C9H10N8. The van der Waals surface area contributed by atoms with Crippen molar-refractivity contribution in [2.24, 2.45) is 0 Å². The van der Waals surface area contributed by atoms with Gasteiger partial charge in [0.1, 0.15) is 0 Å². The first-order valence-electron chi connectivity index (χ1n) is 5.20. The maximum atomic E-state index is 4.20. The molecule has 0 radical (unpaired) electrons. The standard InChI is InChI=1S/C9H10N8/c1-2-16-6-7(5-10-16)11-8-3-4-9-12-14-15-17(9)13-8/h3-6H,2H2,1H3,(H,11,13). The van der Waals surface area contributed by atoms with Crippen molar-refractivity contribution in [2.75, 3.05) is 5.32 Å². The topological polar surface area (TPSA) is 85.8 Å². The fraction of sp³-hybridized carbons (Fsp3) is 0.222. The van der Waals surface area contributed by atoms with E-state index in [1.807, 2.05) is 23.9 Å². The Hall–Kier alpha value is -2.51. The highest BCUT2D eigenvalue weighted by atomic mass is 15.6. The van der Waals surface area contributed by atoms with Gasteiger partial charge in [-0.2, -0.15) is 5.10 Å². The zero-order valence-electron chi connectivity index (χ0n) is 9.15. The predicted octanol–water partition coefficient (Wildman–Crippen LogP) is 0.479. The Morgan fingerprint density at radius 1 is 1.35 bits per heavy atom. The zero-order valence-corrected chi connectivity index (χ0v) is 9.15. The smallest absolute Gasteiger partial charge is 0.200 e. The van der Waals surface area contributed by atoms with Crippen molar-refractivity contribution < 1.29 is 0 Å². The van der Waals surface area contributed by atoms with E-state index in [4.69, 9.17) is 0 Å². The first-order chi connectivity index (χ1) is 8.35. The highest BCUT2D eigenvalue weighted by molar-refractivity contribution is 5.54. The summed E-state index contributed by atoms with van der Waals surface area (Å²) in [5.41, 5.74) is 1.49. The van der Waals surface area contributed by atoms with Gasteiger partial charge in [0.05, 0.1) is 11.9 Å². The minimum Gasteiger partial charge on any atom is -0.336 e. The number of rotatable bonds is 3. The number of tetrazole rings is 1. The molecule has 3 aromatic rings. The largest absolute Gasteiger partial charge is 0.336 e. The lowest BCUT2D eigenvalue weighted by Gasteiger charge is -2.00. The van der Waals surface area contributed by atoms with E-state index < -0.39 is 0 Å². The average Bonchev–Trinajstić information content (AvgIpc) is 2.96. The van der Waals surface area contributed by atoms with Crippen molar-refractivity contribution in [3.8, 4) is 0 Å². The van der Waals surface area contributed by atoms with E-state index in [1.54, 1.807) is 12.3 Å². The van der Waals surface area contributed by atoms with Crippen molar-refractivity contribution in [1.29, 1.82) is 0 Å². The van der Waals surface area contributed by atoms with E-state index in [1.165, 1.54) is 4.63 Å². The normalized spacial score (nSPS) is 10.9. The van der Waals surface area contributed by atoms with Gasteiger partial charge in [-0.05, 0) is 29.5 Å². The maximum Gasteiger partial charge on any atom is 0.200 e. The summed E-state index contributed by atoms with van der Waals surface area (Å²) in [6, 6.07) is 3.61. The van der Waals surface area contributed by atoms with Gasteiger partial charge in [0, 0.05) is 12.7 Å². The number of hydrogen-bond acceptors (Lipinski definition) is 6. The van der Waals surface area contributed by atoms with Gasteiger partial charge in [-0.3, -0.25) is 4.68 Å². The molecule has 0 amide bonds. The predicted molar refractivity (Wildman–Crippen MR) is 59.8 cm³/mol. The first kappa shape index (κ1) is 9.70. The Labute approximate surface area is 96.2 Å². The van der Waals surface area contributed by atoms with Crippen LogP contribution in [0.2, 0.25) is 0 Å². The third-order valence-corrected chi connectivity index (χ3v) is 2.30. The van der Waals surface area contributed by atoms with Gasteiger partial charge in [0.25, 0.3) is 0 Å². The summed E-state index contributed by atoms with van der Waals surface area (Å²) in [6.07, 6.45) is 3.65. The van der Waals surface area contributed by atoms with Gasteiger partial charge in [0.2, 0.25) is 0 Å². The van der Waals surface area contributed by atoms with Crippen LogP contribution in [0.4, 0.5) is 11.5 Å². The van der Waals surface area contributed by atoms with Crippen LogP contribution < -0.4 is 5.32 Å². The molecule has 0 unspecified atom stereocenters. The van der Waals surface area contributed by atoms with Crippen LogP contribution in [-0.4, -0.2) is 35.0 Å². The third kappa shape index (κ3) is 1.80. The highest BCUT2D eigenvalue weighted by Gasteiger charge is 2.02. The maximum absolute atomic E-state index is 4.20. The Morgan fingerprint density at radius 2 is 2.29 bits per heavy atom. The minimum absolute atomic E-state index is 0.611. The SMILES string of the molecule is CCn1cc(Nc2ccc3nnnn3n2)cn1. The molecule has 3 aromatic heterocycles. The molecule has 0 saturated heterocycles. The molecule has 0 saturated carbocycles. The van der Waals surface area contributed by atoms with E-state index in [0.717, 1.165) is 12.2 Å². The summed E-state index contributed by atoms with van der Waals surface area (Å²) < 4.78 is 3.20. The molecule has 86 valence electrons. The van der Waals surface area contributed by atoms with Crippen LogP contribution in [0, 0.1) is 0 Å². The quantitative estimate of drug-likeness (QED) is 0.704. The molecule has 0 aliphatic heterocycles. The lowest BCUT2D eigenvalue weighted by atomic mass is 10.5. The molecule has 3 heterocycles. The van der Waals surface area contributed by atoms with E-state index in [0.29, 0.717) is 11.5 Å². The van der Waals surface area contributed by atoms with Gasteiger partial charge >= 0.3 is 0 Å². The molecular weight excluding hydrogens is 220 g/mol. The molecule has 8 nitrogen and oxygen atoms in total. The lowest BCUT2D eigenvalue weighted by Crippen LogP contribution is -1.99. The van der Waals surface area contributed by atoms with E-state index in [-0.39, 0.29) is 0 Å². The van der Waals surface area contributed by atoms with Crippen molar-refractivity contribution in [2.45, 2.75) is 13.5 Å². The minimum atomic E-state index is 0.611. The molecule has 0 bridgehead atoms. The Bertz CT molecular complexity index is 639. The molecule has 0 aromatic carbocycles. The average molecular weight is 230 g/mol. The summed E-state index contributed by atoms with van der Waals surface area (Å²) in [5, 5.41) is 22.5. The molecule has 8 heteroatoms. The molecule has 0 spiro atoms. The Kier molecular flexibility index (Phi) is 2.18. The van der Waals surface area contributed by atoms with Gasteiger partial charge in [-0.1, -0.05) is 0 Å². The van der Waals surface area contributed by atoms with E-state index in [9.17, 15) is 0 Å². The zero-order chi connectivity index (χ0) is 11.7. The van der Waals surface area contributed by atoms with Crippen LogP contribution in [0.15, 0.2) is 24.5 Å². The van der Waals surface area contributed by atoms with Gasteiger partial charge in [0.15, 0.2) is 11.5 Å². The number of fused-ring (bicyclic) bond motifs is 1. The van der Waals surface area contributed by atoms with E-state index >= 15 is 0 Å². The summed E-state index contributed by atoms with van der Waals surface area (Å²) in [6.45, 7) is 2.86. The summed E-state index contributed by atoms with van der Waals surface area (Å²) in [5.74, 6) is 0.667. The van der Waals surface area contributed by atoms with Crippen molar-refractivity contribution in [1.82, 2.24) is 35.0 Å². The fourth-order valence-corrected chi connectivity index (χ4v) is 1.47. The number of hydrogen-bond donors (Lipinski definition) is 1. The third-order valence-electron chi connectivity index (χ3n) is 2.30. The second-order valence-electron chi connectivity index (χ2n) is 3.45. The molecule has 1 N–H and O–H groups in total. The van der Waals surface area contributed by atoms with Crippen LogP contribution in [-0.2, 0) is 6.54 Å². The Balaban J connectivity index is 1.88. The highest BCUT2D eigenvalue weighted by Crippen LogP contribution is 2.12. The van der Waals surface area contributed by atoms with Crippen LogP contribution >= 0.6 is 0 Å². The monoisotopic (exact) mass is 230 g/mol. The first-order valence-corrected chi connectivity index (χ1v) is 5.20. The number of nitrogens with zero attached hydrogens (tertiary/aromatic N) is 7. The molecule has 3 rings (SSSR count). The molecule has 17 heavy (non-hydrogen) atoms. The van der Waals surface area contributed by atoms with E-state index in [2.05, 4.69) is 31.0 Å². The molecule has 0 aliphatic carbocycles.